The van der Waals surface area contributed by atoms with Gasteiger partial charge in [-0.15, -0.1) is 0 Å². The standard InChI is InChI=1S/C9H20O4SSi/c1-10-15(11-2,12-3)6-4-5-13-7-9-8-14-9/h9H,4-8H2,1-3H3. The van der Waals surface area contributed by atoms with Gasteiger partial charge in [0.05, 0.1) is 6.61 Å². The van der Waals surface area contributed by atoms with Crippen molar-refractivity contribution in [1.29, 1.82) is 0 Å². The van der Waals surface area contributed by atoms with Crippen molar-refractivity contribution < 1.29 is 18.0 Å². The largest absolute Gasteiger partial charge is 0.500 e. The molecule has 1 aliphatic heterocycles. The lowest BCUT2D eigenvalue weighted by molar-refractivity contribution is 0.110. The maximum Gasteiger partial charge on any atom is 0.500 e. The van der Waals surface area contributed by atoms with E-state index < -0.39 is 8.80 Å². The second kappa shape index (κ2) is 6.88. The van der Waals surface area contributed by atoms with Gasteiger partial charge >= 0.3 is 8.80 Å². The van der Waals surface area contributed by atoms with Crippen molar-refractivity contribution in [3.05, 3.63) is 0 Å². The van der Waals surface area contributed by atoms with E-state index in [1.165, 1.54) is 5.75 Å². The van der Waals surface area contributed by atoms with Crippen LogP contribution in [-0.2, 0) is 18.0 Å². The Morgan fingerprint density at radius 3 is 2.27 bits per heavy atom. The molecule has 15 heavy (non-hydrogen) atoms. The molecule has 4 nitrogen and oxygen atoms in total. The molecule has 1 unspecified atom stereocenters. The quantitative estimate of drug-likeness (QED) is 0.352. The van der Waals surface area contributed by atoms with E-state index in [1.54, 1.807) is 21.3 Å². The molecule has 6 heteroatoms. The summed E-state index contributed by atoms with van der Waals surface area (Å²) in [5.74, 6) is 1.26. The third kappa shape index (κ3) is 4.84. The molecular formula is C9H20O4SSi. The van der Waals surface area contributed by atoms with E-state index >= 15 is 0 Å². The first-order chi connectivity index (χ1) is 7.26. The van der Waals surface area contributed by atoms with Gasteiger partial charge in [0.2, 0.25) is 0 Å². The van der Waals surface area contributed by atoms with Gasteiger partial charge in [0, 0.05) is 45.0 Å². The molecule has 0 aromatic heterocycles. The number of thioether (sulfide) groups is 1. The molecule has 1 saturated heterocycles. The van der Waals surface area contributed by atoms with Crippen molar-refractivity contribution in [3.63, 3.8) is 0 Å². The number of rotatable bonds is 9. The van der Waals surface area contributed by atoms with Crippen molar-refractivity contribution in [2.24, 2.45) is 0 Å². The van der Waals surface area contributed by atoms with Gasteiger partial charge < -0.3 is 18.0 Å². The highest BCUT2D eigenvalue weighted by Crippen LogP contribution is 2.29. The number of hydrogen-bond acceptors (Lipinski definition) is 5. The molecule has 90 valence electrons. The Kier molecular flexibility index (Phi) is 6.18. The van der Waals surface area contributed by atoms with Crippen LogP contribution in [0.2, 0.25) is 6.04 Å². The zero-order valence-electron chi connectivity index (χ0n) is 9.65. The number of hydrogen-bond donors (Lipinski definition) is 0. The zero-order valence-corrected chi connectivity index (χ0v) is 11.5. The molecule has 0 amide bonds. The van der Waals surface area contributed by atoms with Gasteiger partial charge in [0.1, 0.15) is 0 Å². The second-order valence-electron chi connectivity index (χ2n) is 3.43. The predicted molar refractivity (Wildman–Crippen MR) is 63.3 cm³/mol. The van der Waals surface area contributed by atoms with Gasteiger partial charge in [-0.05, 0) is 6.42 Å². The molecule has 0 aromatic rings. The van der Waals surface area contributed by atoms with Gasteiger partial charge in [-0.25, -0.2) is 0 Å². The minimum atomic E-state index is -2.36. The van der Waals surface area contributed by atoms with Gasteiger partial charge in [-0.3, -0.25) is 0 Å². The van der Waals surface area contributed by atoms with Crippen molar-refractivity contribution in [2.75, 3.05) is 40.3 Å². The van der Waals surface area contributed by atoms with Gasteiger partial charge in [-0.2, -0.15) is 11.8 Å². The highest BCUT2D eigenvalue weighted by atomic mass is 32.2. The average Bonchev–Trinajstić information content (AvgIpc) is 3.08. The molecule has 0 aromatic carbocycles. The lowest BCUT2D eigenvalue weighted by Crippen LogP contribution is -2.42. The van der Waals surface area contributed by atoms with Gasteiger partial charge in [0.25, 0.3) is 0 Å². The Bertz CT molecular complexity index is 165. The lowest BCUT2D eigenvalue weighted by Gasteiger charge is -2.24. The first-order valence-corrected chi connectivity index (χ1v) is 8.09. The smallest absolute Gasteiger partial charge is 0.380 e. The van der Waals surface area contributed by atoms with Gasteiger partial charge in [-0.1, -0.05) is 0 Å². The third-order valence-corrected chi connectivity index (χ3v) is 6.18. The molecule has 0 saturated carbocycles. The highest BCUT2D eigenvalue weighted by molar-refractivity contribution is 8.06. The molecule has 1 fully saturated rings. The SMILES string of the molecule is CO[Si](CCCOCC1CS1)(OC)OC. The maximum atomic E-state index is 5.52. The van der Waals surface area contributed by atoms with Crippen molar-refractivity contribution in [1.82, 2.24) is 0 Å². The summed E-state index contributed by atoms with van der Waals surface area (Å²) in [5, 5.41) is 0.749. The predicted octanol–water partition coefficient (Wildman–Crippen LogP) is 1.39. The van der Waals surface area contributed by atoms with Crippen LogP contribution in [0, 0.1) is 0 Å². The Labute approximate surface area is 97.0 Å². The summed E-state index contributed by atoms with van der Waals surface area (Å²) in [5.41, 5.74) is 0. The van der Waals surface area contributed by atoms with Crippen molar-refractivity contribution in [3.8, 4) is 0 Å². The molecule has 0 spiro atoms. The molecule has 0 aliphatic carbocycles. The minimum absolute atomic E-state index is 0.749. The summed E-state index contributed by atoms with van der Waals surface area (Å²) < 4.78 is 21.5. The molecule has 1 heterocycles. The monoisotopic (exact) mass is 252 g/mol. The van der Waals surface area contributed by atoms with E-state index in [1.807, 2.05) is 11.8 Å². The Morgan fingerprint density at radius 1 is 1.20 bits per heavy atom. The van der Waals surface area contributed by atoms with E-state index in [-0.39, 0.29) is 0 Å². The van der Waals surface area contributed by atoms with E-state index in [9.17, 15) is 0 Å². The fourth-order valence-electron chi connectivity index (χ4n) is 1.33. The van der Waals surface area contributed by atoms with Crippen LogP contribution in [0.5, 0.6) is 0 Å². The Morgan fingerprint density at radius 2 is 1.80 bits per heavy atom. The van der Waals surface area contributed by atoms with Gasteiger partial charge in [0.15, 0.2) is 0 Å². The van der Waals surface area contributed by atoms with E-state index in [4.69, 9.17) is 18.0 Å². The summed E-state index contributed by atoms with van der Waals surface area (Å²) in [6.45, 7) is 1.65. The molecule has 0 bridgehead atoms. The normalized spacial score (nSPS) is 20.6. The summed E-state index contributed by atoms with van der Waals surface area (Å²) in [6, 6.07) is 0.814. The topological polar surface area (TPSA) is 36.9 Å². The first-order valence-electron chi connectivity index (χ1n) is 5.11. The molecule has 1 atom stereocenters. The Hall–Kier alpha value is 0.407. The van der Waals surface area contributed by atoms with Crippen LogP contribution in [0.1, 0.15) is 6.42 Å². The molecule has 1 aliphatic rings. The maximum absolute atomic E-state index is 5.52. The van der Waals surface area contributed by atoms with E-state index in [0.29, 0.717) is 0 Å². The third-order valence-electron chi connectivity index (χ3n) is 2.41. The van der Waals surface area contributed by atoms with Crippen molar-refractivity contribution in [2.45, 2.75) is 17.7 Å². The summed E-state index contributed by atoms with van der Waals surface area (Å²) >= 11 is 1.95. The van der Waals surface area contributed by atoms with Crippen LogP contribution >= 0.6 is 11.8 Å². The highest BCUT2D eigenvalue weighted by Gasteiger charge is 2.36. The van der Waals surface area contributed by atoms with E-state index in [0.717, 1.165) is 30.9 Å². The fourth-order valence-corrected chi connectivity index (χ4v) is 3.44. The van der Waals surface area contributed by atoms with Crippen LogP contribution in [0.15, 0.2) is 0 Å². The Balaban J connectivity index is 2.04. The number of ether oxygens (including phenoxy) is 1. The van der Waals surface area contributed by atoms with Crippen LogP contribution in [-0.4, -0.2) is 54.4 Å². The summed E-state index contributed by atoms with van der Waals surface area (Å²) in [7, 11) is 2.56. The lowest BCUT2D eigenvalue weighted by atomic mass is 10.5. The van der Waals surface area contributed by atoms with Crippen LogP contribution in [0.4, 0.5) is 0 Å². The minimum Gasteiger partial charge on any atom is -0.380 e. The van der Waals surface area contributed by atoms with Crippen LogP contribution in [0.25, 0.3) is 0 Å². The molecule has 0 radical (unpaired) electrons. The zero-order chi connectivity index (χ0) is 11.1. The molecule has 1 rings (SSSR count). The summed E-state index contributed by atoms with van der Waals surface area (Å²) in [6.07, 6.45) is 0.930. The first kappa shape index (κ1) is 13.5. The van der Waals surface area contributed by atoms with Crippen molar-refractivity contribution >= 4 is 20.6 Å². The average molecular weight is 252 g/mol. The molecule has 0 N–H and O–H groups in total. The van der Waals surface area contributed by atoms with Crippen LogP contribution in [0.3, 0.4) is 0 Å². The summed E-state index contributed by atoms with van der Waals surface area (Å²) in [4.78, 5) is 0. The second-order valence-corrected chi connectivity index (χ2v) is 7.85. The fraction of sp³-hybridized carbons (Fsp3) is 1.00. The van der Waals surface area contributed by atoms with Crippen LogP contribution < -0.4 is 0 Å². The van der Waals surface area contributed by atoms with E-state index in [2.05, 4.69) is 0 Å². The molecular weight excluding hydrogens is 232 g/mol.